The third-order valence-electron chi connectivity index (χ3n) is 13.0. The van der Waals surface area contributed by atoms with Crippen molar-refractivity contribution >= 4 is 19.7 Å². The summed E-state index contributed by atoms with van der Waals surface area (Å²) in [6.45, 7) is 6.75. The molecule has 0 aliphatic heterocycles. The van der Waals surface area contributed by atoms with Gasteiger partial charge in [0.2, 0.25) is 5.91 Å². The Bertz CT molecular complexity index is 1540. The largest absolute Gasteiger partial charge is 0.756 e. The van der Waals surface area contributed by atoms with Crippen molar-refractivity contribution in [3.63, 3.8) is 0 Å². The second-order valence-corrected chi connectivity index (χ2v) is 22.9. The fourth-order valence-electron chi connectivity index (χ4n) is 8.31. The smallest absolute Gasteiger partial charge is 0.306 e. The molecule has 0 aliphatic carbocycles. The molecule has 0 bridgehead atoms. The molecule has 428 valence electrons. The first-order chi connectivity index (χ1) is 35.9. The number of nitrogens with one attached hydrogen (secondary N) is 1. The molecular formula is C64H115N2O7P. The van der Waals surface area contributed by atoms with Crippen molar-refractivity contribution in [1.82, 2.24) is 5.32 Å². The number of phosphoric acid groups is 1. The molecule has 1 N–H and O–H groups in total. The van der Waals surface area contributed by atoms with Crippen LogP contribution in [0.4, 0.5) is 0 Å². The highest BCUT2D eigenvalue weighted by atomic mass is 31.2. The third kappa shape index (κ3) is 54.0. The number of amides is 1. The van der Waals surface area contributed by atoms with Crippen LogP contribution in [0.25, 0.3) is 0 Å². The van der Waals surface area contributed by atoms with Crippen molar-refractivity contribution in [3.8, 4) is 0 Å². The van der Waals surface area contributed by atoms with Crippen LogP contribution in [-0.2, 0) is 27.9 Å². The highest BCUT2D eigenvalue weighted by molar-refractivity contribution is 7.45. The Hall–Kier alpha value is -2.81. The zero-order chi connectivity index (χ0) is 54.3. The van der Waals surface area contributed by atoms with Gasteiger partial charge < -0.3 is 28.5 Å². The van der Waals surface area contributed by atoms with Crippen LogP contribution in [0.2, 0.25) is 0 Å². The summed E-state index contributed by atoms with van der Waals surface area (Å²) in [7, 11) is 1.15. The number of likely N-dealkylation sites (N-methyl/N-ethyl adjacent to an activating group) is 1. The number of hydrogen-bond donors (Lipinski definition) is 1. The van der Waals surface area contributed by atoms with Gasteiger partial charge in [0.1, 0.15) is 19.3 Å². The van der Waals surface area contributed by atoms with Crippen LogP contribution in [0.15, 0.2) is 85.1 Å². The van der Waals surface area contributed by atoms with Gasteiger partial charge in [-0.25, -0.2) is 0 Å². The minimum Gasteiger partial charge on any atom is -0.756 e. The van der Waals surface area contributed by atoms with Crippen LogP contribution in [0, 0.1) is 0 Å². The summed E-state index contributed by atoms with van der Waals surface area (Å²) >= 11 is 0. The van der Waals surface area contributed by atoms with E-state index >= 15 is 0 Å². The zero-order valence-electron chi connectivity index (χ0n) is 48.8. The van der Waals surface area contributed by atoms with E-state index in [1.807, 2.05) is 33.3 Å². The number of hydrogen-bond acceptors (Lipinski definition) is 7. The molecule has 0 aromatic carbocycles. The van der Waals surface area contributed by atoms with E-state index in [0.717, 1.165) is 83.5 Å². The lowest BCUT2D eigenvalue weighted by atomic mass is 10.0. The van der Waals surface area contributed by atoms with E-state index in [4.69, 9.17) is 13.8 Å². The predicted molar refractivity (Wildman–Crippen MR) is 316 cm³/mol. The first kappa shape index (κ1) is 71.2. The minimum absolute atomic E-state index is 0.0346. The molecule has 3 unspecified atom stereocenters. The second kappa shape index (κ2) is 53.6. The highest BCUT2D eigenvalue weighted by Crippen LogP contribution is 2.38. The number of allylic oxidation sites excluding steroid dienone is 13. The average molecular weight is 1060 g/mol. The molecule has 0 spiro atoms. The van der Waals surface area contributed by atoms with E-state index in [1.54, 1.807) is 0 Å². The molecule has 0 heterocycles. The zero-order valence-corrected chi connectivity index (χ0v) is 49.7. The van der Waals surface area contributed by atoms with Gasteiger partial charge in [-0.3, -0.25) is 14.2 Å². The number of esters is 1. The van der Waals surface area contributed by atoms with Crippen molar-refractivity contribution in [3.05, 3.63) is 85.1 Å². The van der Waals surface area contributed by atoms with E-state index in [-0.39, 0.29) is 18.9 Å². The summed E-state index contributed by atoms with van der Waals surface area (Å²) in [5.74, 6) is -0.612. The van der Waals surface area contributed by atoms with Crippen molar-refractivity contribution in [1.29, 1.82) is 0 Å². The molecule has 0 saturated carbocycles. The Kier molecular flexibility index (Phi) is 51.5. The molecule has 74 heavy (non-hydrogen) atoms. The van der Waals surface area contributed by atoms with Crippen molar-refractivity contribution in [2.75, 3.05) is 40.9 Å². The van der Waals surface area contributed by atoms with Gasteiger partial charge in [-0.15, -0.1) is 0 Å². The number of nitrogens with zero attached hydrogens (tertiary/aromatic N) is 1. The molecule has 0 aromatic heterocycles. The Morgan fingerprint density at radius 3 is 1.28 bits per heavy atom. The summed E-state index contributed by atoms with van der Waals surface area (Å²) < 4.78 is 30.2. The van der Waals surface area contributed by atoms with Gasteiger partial charge in [-0.2, -0.15) is 0 Å². The van der Waals surface area contributed by atoms with Gasteiger partial charge in [0.25, 0.3) is 7.82 Å². The number of ether oxygens (including phenoxy) is 1. The molecule has 0 aromatic rings. The van der Waals surface area contributed by atoms with E-state index < -0.39 is 32.5 Å². The lowest BCUT2D eigenvalue weighted by Gasteiger charge is -2.30. The number of unbranched alkanes of at least 4 members (excludes halogenated alkanes) is 26. The maximum absolute atomic E-state index is 13.5. The molecule has 3 atom stereocenters. The molecule has 0 aliphatic rings. The summed E-state index contributed by atoms with van der Waals surface area (Å²) in [5, 5.41) is 3.01. The Morgan fingerprint density at radius 2 is 0.838 bits per heavy atom. The van der Waals surface area contributed by atoms with Crippen molar-refractivity contribution in [2.45, 2.75) is 270 Å². The van der Waals surface area contributed by atoms with E-state index in [0.29, 0.717) is 23.9 Å². The van der Waals surface area contributed by atoms with Crippen molar-refractivity contribution in [2.24, 2.45) is 0 Å². The molecule has 1 amide bonds. The van der Waals surface area contributed by atoms with Crippen LogP contribution < -0.4 is 10.2 Å². The van der Waals surface area contributed by atoms with Crippen LogP contribution in [-0.4, -0.2) is 69.4 Å². The number of carbonyl (C=O) groups is 2. The van der Waals surface area contributed by atoms with E-state index in [9.17, 15) is 19.0 Å². The SMILES string of the molecule is CCCCC/C=C\C/C=C\C/C=C\C/C=C\CCCC(=O)OC(/C=C/CCCCCCCCCCCC)C(COP(=O)([O-])OCC[N+](C)(C)C)NC(=O)CCCCCCCCCCC/C=C\C/C=C\CCCCC. The second-order valence-electron chi connectivity index (χ2n) is 21.5. The summed E-state index contributed by atoms with van der Waals surface area (Å²) in [4.78, 5) is 39.9. The average Bonchev–Trinajstić information content (AvgIpc) is 3.36. The summed E-state index contributed by atoms with van der Waals surface area (Å²) in [5.41, 5.74) is 0. The first-order valence-electron chi connectivity index (χ1n) is 30.4. The van der Waals surface area contributed by atoms with Crippen LogP contribution >= 0.6 is 7.82 Å². The van der Waals surface area contributed by atoms with Gasteiger partial charge in [-0.05, 0) is 102 Å². The maximum Gasteiger partial charge on any atom is 0.306 e. The number of quaternary nitrogens is 1. The highest BCUT2D eigenvalue weighted by Gasteiger charge is 2.27. The predicted octanol–water partition coefficient (Wildman–Crippen LogP) is 18.0. The summed E-state index contributed by atoms with van der Waals surface area (Å²) in [6, 6.07) is -0.916. The Labute approximate surface area is 456 Å². The van der Waals surface area contributed by atoms with Crippen LogP contribution in [0.5, 0.6) is 0 Å². The van der Waals surface area contributed by atoms with Gasteiger partial charge in [0, 0.05) is 12.8 Å². The van der Waals surface area contributed by atoms with E-state index in [1.165, 1.54) is 135 Å². The molecular weight excluding hydrogens is 940 g/mol. The van der Waals surface area contributed by atoms with Gasteiger partial charge in [0.05, 0.1) is 33.8 Å². The standard InChI is InChI=1S/C64H115N2O7P/c1-7-10-13-16-19-22-25-28-30-32-33-35-36-38-41-44-47-50-53-56-63(67)65-61(60-72-74(69,70)71-59-58-66(4,5)6)62(55-52-49-46-43-40-27-24-21-18-15-12-9-3)73-64(68)57-54-51-48-45-42-39-37-34-31-29-26-23-20-17-14-11-8-2/h19-20,22-23,28-31,37,39,45,48,52,55,61-62H,7-18,21,24-27,32-36,38,40-44,46-47,49-51,53-54,56-60H2,1-6H3,(H-,65,67,69,70)/b22-19-,23-20-,30-28-,31-29-,39-37-,48-45-,55-52+. The Balaban J connectivity index is 5.37. The Morgan fingerprint density at radius 1 is 0.473 bits per heavy atom. The fraction of sp³-hybridized carbons (Fsp3) is 0.750. The topological polar surface area (TPSA) is 114 Å². The van der Waals surface area contributed by atoms with Gasteiger partial charge in [0.15, 0.2) is 0 Å². The van der Waals surface area contributed by atoms with Crippen LogP contribution in [0.3, 0.4) is 0 Å². The molecule has 10 heteroatoms. The third-order valence-corrected chi connectivity index (χ3v) is 14.0. The number of rotatable bonds is 54. The lowest BCUT2D eigenvalue weighted by molar-refractivity contribution is -0.870. The summed E-state index contributed by atoms with van der Waals surface area (Å²) in [6.07, 6.45) is 69.8. The fourth-order valence-corrected chi connectivity index (χ4v) is 9.03. The lowest BCUT2D eigenvalue weighted by Crippen LogP contribution is -2.47. The number of phosphoric ester groups is 1. The molecule has 0 radical (unpaired) electrons. The van der Waals surface area contributed by atoms with Gasteiger partial charge in [-0.1, -0.05) is 228 Å². The molecule has 0 saturated heterocycles. The molecule has 0 rings (SSSR count). The first-order valence-corrected chi connectivity index (χ1v) is 31.9. The number of carbonyl (C=O) groups excluding carboxylic acids is 2. The molecule has 0 fully saturated rings. The molecule has 9 nitrogen and oxygen atoms in total. The monoisotopic (exact) mass is 1050 g/mol. The quantitative estimate of drug-likeness (QED) is 0.0212. The minimum atomic E-state index is -4.71. The van der Waals surface area contributed by atoms with Crippen molar-refractivity contribution < 1.29 is 37.3 Å². The maximum atomic E-state index is 13.5. The van der Waals surface area contributed by atoms with E-state index in [2.05, 4.69) is 99.0 Å². The van der Waals surface area contributed by atoms with Gasteiger partial charge >= 0.3 is 5.97 Å². The normalized spacial score (nSPS) is 14.3. The van der Waals surface area contributed by atoms with Crippen LogP contribution in [0.1, 0.15) is 258 Å².